The molecule has 0 spiro atoms. The van der Waals surface area contributed by atoms with E-state index in [9.17, 15) is 4.79 Å². The number of rotatable bonds is 5. The molecular formula is C19H17ClN4O4. The molecule has 0 atom stereocenters. The number of benzene rings is 2. The standard InChI is InChI=1S/C19H17ClN4O4/c1-11-18(22-23-24(11)14-8-13(20)4-6-15(14)26-2)19(25)21-9-12-3-5-16-17(7-12)28-10-27-16/h3-8H,9-10H2,1-2H3,(H,21,25). The van der Waals surface area contributed by atoms with Crippen LogP contribution in [-0.4, -0.2) is 34.8 Å². The molecule has 28 heavy (non-hydrogen) atoms. The lowest BCUT2D eigenvalue weighted by atomic mass is 10.2. The van der Waals surface area contributed by atoms with Crippen molar-refractivity contribution in [2.24, 2.45) is 0 Å². The quantitative estimate of drug-likeness (QED) is 0.708. The number of amides is 1. The first-order chi connectivity index (χ1) is 13.6. The average Bonchev–Trinajstić information content (AvgIpc) is 3.32. The van der Waals surface area contributed by atoms with E-state index in [1.807, 2.05) is 18.2 Å². The first-order valence-corrected chi connectivity index (χ1v) is 8.87. The highest BCUT2D eigenvalue weighted by molar-refractivity contribution is 6.30. The van der Waals surface area contributed by atoms with Gasteiger partial charge in [-0.2, -0.15) is 0 Å². The molecule has 0 saturated carbocycles. The van der Waals surface area contributed by atoms with Gasteiger partial charge in [-0.05, 0) is 42.8 Å². The first kappa shape index (κ1) is 18.1. The van der Waals surface area contributed by atoms with Crippen molar-refractivity contribution in [3.8, 4) is 22.9 Å². The van der Waals surface area contributed by atoms with Crippen molar-refractivity contribution in [2.75, 3.05) is 13.9 Å². The van der Waals surface area contributed by atoms with Crippen LogP contribution in [0.1, 0.15) is 21.7 Å². The number of nitrogens with zero attached hydrogens (tertiary/aromatic N) is 3. The van der Waals surface area contributed by atoms with Crippen LogP contribution in [0.25, 0.3) is 5.69 Å². The topological polar surface area (TPSA) is 87.5 Å². The molecule has 0 aliphatic carbocycles. The fourth-order valence-corrected chi connectivity index (χ4v) is 3.08. The summed E-state index contributed by atoms with van der Waals surface area (Å²) in [4.78, 5) is 12.6. The SMILES string of the molecule is COc1ccc(Cl)cc1-n1nnc(C(=O)NCc2ccc3c(c2)OCO3)c1C. The molecule has 1 amide bonds. The van der Waals surface area contributed by atoms with Crippen molar-refractivity contribution in [1.82, 2.24) is 20.3 Å². The van der Waals surface area contributed by atoms with Crippen molar-refractivity contribution >= 4 is 17.5 Å². The molecule has 2 heterocycles. The van der Waals surface area contributed by atoms with Crippen LogP contribution in [0.3, 0.4) is 0 Å². The number of methoxy groups -OCH3 is 1. The van der Waals surface area contributed by atoms with E-state index in [0.717, 1.165) is 5.56 Å². The van der Waals surface area contributed by atoms with Gasteiger partial charge in [-0.25, -0.2) is 4.68 Å². The average molecular weight is 401 g/mol. The monoisotopic (exact) mass is 400 g/mol. The van der Waals surface area contributed by atoms with Crippen LogP contribution in [0, 0.1) is 6.92 Å². The molecule has 4 rings (SSSR count). The highest BCUT2D eigenvalue weighted by atomic mass is 35.5. The third kappa shape index (κ3) is 3.34. The Labute approximate surface area is 166 Å². The zero-order valence-corrected chi connectivity index (χ0v) is 16.0. The maximum Gasteiger partial charge on any atom is 0.274 e. The number of halogens is 1. The second kappa shape index (κ2) is 7.40. The summed E-state index contributed by atoms with van der Waals surface area (Å²) < 4.78 is 17.5. The number of hydrogen-bond donors (Lipinski definition) is 1. The highest BCUT2D eigenvalue weighted by Gasteiger charge is 2.20. The summed E-state index contributed by atoms with van der Waals surface area (Å²) in [6.45, 7) is 2.29. The summed E-state index contributed by atoms with van der Waals surface area (Å²) in [5.74, 6) is 1.61. The van der Waals surface area contributed by atoms with Gasteiger partial charge in [-0.1, -0.05) is 22.9 Å². The zero-order chi connectivity index (χ0) is 19.7. The van der Waals surface area contributed by atoms with Gasteiger partial charge in [0, 0.05) is 11.6 Å². The number of aromatic nitrogens is 3. The molecule has 1 N–H and O–H groups in total. The maximum absolute atomic E-state index is 12.6. The van der Waals surface area contributed by atoms with Crippen molar-refractivity contribution < 1.29 is 19.0 Å². The largest absolute Gasteiger partial charge is 0.494 e. The number of carbonyl (C=O) groups is 1. The minimum atomic E-state index is -0.331. The first-order valence-electron chi connectivity index (χ1n) is 8.50. The molecule has 9 heteroatoms. The lowest BCUT2D eigenvalue weighted by Gasteiger charge is -2.10. The van der Waals surface area contributed by atoms with E-state index in [0.29, 0.717) is 40.2 Å². The summed E-state index contributed by atoms with van der Waals surface area (Å²) in [5, 5.41) is 11.5. The molecule has 0 radical (unpaired) electrons. The van der Waals surface area contributed by atoms with E-state index in [1.165, 1.54) is 4.68 Å². The van der Waals surface area contributed by atoms with Crippen LogP contribution in [0.15, 0.2) is 36.4 Å². The van der Waals surface area contributed by atoms with Crippen molar-refractivity contribution in [2.45, 2.75) is 13.5 Å². The van der Waals surface area contributed by atoms with Crippen LogP contribution in [-0.2, 0) is 6.54 Å². The molecule has 0 bridgehead atoms. The third-order valence-corrected chi connectivity index (χ3v) is 4.60. The van der Waals surface area contributed by atoms with Crippen molar-refractivity contribution in [3.05, 3.63) is 58.4 Å². The number of carbonyl (C=O) groups excluding carboxylic acids is 1. The van der Waals surface area contributed by atoms with Crippen molar-refractivity contribution in [3.63, 3.8) is 0 Å². The predicted molar refractivity (Wildman–Crippen MR) is 101 cm³/mol. The van der Waals surface area contributed by atoms with E-state index in [2.05, 4.69) is 15.6 Å². The van der Waals surface area contributed by atoms with Crippen LogP contribution < -0.4 is 19.5 Å². The van der Waals surface area contributed by atoms with Gasteiger partial charge >= 0.3 is 0 Å². The van der Waals surface area contributed by atoms with E-state index in [4.69, 9.17) is 25.8 Å². The molecule has 0 fully saturated rings. The molecule has 1 aromatic heterocycles. The molecule has 144 valence electrons. The minimum absolute atomic E-state index is 0.209. The third-order valence-electron chi connectivity index (χ3n) is 4.37. The highest BCUT2D eigenvalue weighted by Crippen LogP contribution is 2.32. The molecule has 0 unspecified atom stereocenters. The number of nitrogens with one attached hydrogen (secondary N) is 1. The van der Waals surface area contributed by atoms with Crippen LogP contribution >= 0.6 is 11.6 Å². The number of hydrogen-bond acceptors (Lipinski definition) is 6. The van der Waals surface area contributed by atoms with Crippen LogP contribution in [0.2, 0.25) is 5.02 Å². The molecular weight excluding hydrogens is 384 g/mol. The fourth-order valence-electron chi connectivity index (χ4n) is 2.91. The lowest BCUT2D eigenvalue weighted by Crippen LogP contribution is -2.24. The Balaban J connectivity index is 1.52. The number of ether oxygens (including phenoxy) is 3. The maximum atomic E-state index is 12.6. The Morgan fingerprint density at radius 2 is 2.07 bits per heavy atom. The van der Waals surface area contributed by atoms with Gasteiger partial charge in [0.1, 0.15) is 11.4 Å². The van der Waals surface area contributed by atoms with Crippen LogP contribution in [0.4, 0.5) is 0 Å². The van der Waals surface area contributed by atoms with Crippen LogP contribution in [0.5, 0.6) is 17.2 Å². The molecule has 1 aliphatic heterocycles. The van der Waals surface area contributed by atoms with Gasteiger partial charge in [-0.3, -0.25) is 4.79 Å². The number of fused-ring (bicyclic) bond motifs is 1. The molecule has 8 nitrogen and oxygen atoms in total. The van der Waals surface area contributed by atoms with Gasteiger partial charge in [0.25, 0.3) is 5.91 Å². The second-order valence-electron chi connectivity index (χ2n) is 6.12. The minimum Gasteiger partial charge on any atom is -0.494 e. The van der Waals surface area contributed by atoms with Crippen molar-refractivity contribution in [1.29, 1.82) is 0 Å². The molecule has 1 aliphatic rings. The second-order valence-corrected chi connectivity index (χ2v) is 6.56. The molecule has 3 aromatic rings. The van der Waals surface area contributed by atoms with Gasteiger partial charge < -0.3 is 19.5 Å². The normalized spacial score (nSPS) is 12.1. The fraction of sp³-hybridized carbons (Fsp3) is 0.211. The Morgan fingerprint density at radius 3 is 2.89 bits per heavy atom. The van der Waals surface area contributed by atoms with Gasteiger partial charge in [0.15, 0.2) is 17.2 Å². The Kier molecular flexibility index (Phi) is 4.79. The summed E-state index contributed by atoms with van der Waals surface area (Å²) in [5.41, 5.74) is 2.29. The smallest absolute Gasteiger partial charge is 0.274 e. The molecule has 0 saturated heterocycles. The van der Waals surface area contributed by atoms with Gasteiger partial charge in [-0.15, -0.1) is 5.10 Å². The van der Waals surface area contributed by atoms with E-state index >= 15 is 0 Å². The lowest BCUT2D eigenvalue weighted by molar-refractivity contribution is 0.0945. The summed E-state index contributed by atoms with van der Waals surface area (Å²) in [6, 6.07) is 10.7. The Bertz CT molecular complexity index is 1050. The Morgan fingerprint density at radius 1 is 1.25 bits per heavy atom. The van der Waals surface area contributed by atoms with E-state index < -0.39 is 0 Å². The molecule has 2 aromatic carbocycles. The Hall–Kier alpha value is -3.26. The zero-order valence-electron chi connectivity index (χ0n) is 15.2. The summed E-state index contributed by atoms with van der Waals surface area (Å²) >= 11 is 6.09. The van der Waals surface area contributed by atoms with E-state index in [1.54, 1.807) is 32.2 Å². The van der Waals surface area contributed by atoms with Gasteiger partial charge in [0.05, 0.1) is 12.8 Å². The van der Waals surface area contributed by atoms with Gasteiger partial charge in [0.2, 0.25) is 6.79 Å². The summed E-state index contributed by atoms with van der Waals surface area (Å²) in [7, 11) is 1.55. The summed E-state index contributed by atoms with van der Waals surface area (Å²) in [6.07, 6.45) is 0. The van der Waals surface area contributed by atoms with E-state index in [-0.39, 0.29) is 18.4 Å². The predicted octanol–water partition coefficient (Wildman–Crippen LogP) is 2.90.